The maximum atomic E-state index is 12.3. The molecule has 0 saturated carbocycles. The Balaban J connectivity index is 1.94. The Kier molecular flexibility index (Phi) is 8.48. The van der Waals surface area contributed by atoms with Crippen LogP contribution < -0.4 is 19.9 Å². The average molecular weight is 485 g/mol. The third kappa shape index (κ3) is 7.02. The molecule has 0 bridgehead atoms. The number of nitrogens with two attached hydrogens (primary N) is 1. The number of amides is 1. The van der Waals surface area contributed by atoms with Gasteiger partial charge in [0.2, 0.25) is 15.9 Å². The normalized spacial score (nSPS) is 11.2. The number of benzene rings is 2. The van der Waals surface area contributed by atoms with Crippen LogP contribution in [0.2, 0.25) is 0 Å². The number of carbonyl (C=O) groups is 1. The van der Waals surface area contributed by atoms with E-state index in [0.29, 0.717) is 37.7 Å². The quantitative estimate of drug-likeness (QED) is 0.538. The van der Waals surface area contributed by atoms with Gasteiger partial charge in [0.1, 0.15) is 0 Å². The molecule has 0 saturated heterocycles. The van der Waals surface area contributed by atoms with Crippen molar-refractivity contribution in [3.63, 3.8) is 0 Å². The van der Waals surface area contributed by atoms with E-state index >= 15 is 0 Å². The zero-order valence-corrected chi connectivity index (χ0v) is 18.8. The Morgan fingerprint density at radius 3 is 2.21 bits per heavy atom. The second-order valence-electron chi connectivity index (χ2n) is 6.22. The van der Waals surface area contributed by atoms with Crippen LogP contribution in [0.4, 0.5) is 0 Å². The summed E-state index contributed by atoms with van der Waals surface area (Å²) in [5.74, 6) is 1.11. The zero-order chi connectivity index (χ0) is 21.4. The van der Waals surface area contributed by atoms with Gasteiger partial charge < -0.3 is 14.8 Å². The molecule has 1 amide bonds. The van der Waals surface area contributed by atoms with Crippen LogP contribution in [-0.4, -0.2) is 34.1 Å². The standard InChI is InChI=1S/C20H25BrN2O5S/c1-3-27-18-11-15(17(21)13-19(18)28-4-2)12-20(24)23-10-9-14-5-7-16(8-6-14)29(22,25)26/h5-8,11,13H,3-4,9-10,12H2,1-2H3,(H,23,24)(H2,22,25,26). The summed E-state index contributed by atoms with van der Waals surface area (Å²) in [4.78, 5) is 12.4. The number of hydrogen-bond acceptors (Lipinski definition) is 5. The number of nitrogens with one attached hydrogen (secondary N) is 1. The van der Waals surface area contributed by atoms with E-state index in [1.807, 2.05) is 26.0 Å². The zero-order valence-electron chi connectivity index (χ0n) is 16.4. The Bertz CT molecular complexity index is 946. The predicted molar refractivity (Wildman–Crippen MR) is 115 cm³/mol. The average Bonchev–Trinajstić information content (AvgIpc) is 2.65. The lowest BCUT2D eigenvalue weighted by Gasteiger charge is -2.14. The maximum Gasteiger partial charge on any atom is 0.238 e. The predicted octanol–water partition coefficient (Wildman–Crippen LogP) is 2.80. The van der Waals surface area contributed by atoms with Crippen molar-refractivity contribution in [2.75, 3.05) is 19.8 Å². The summed E-state index contributed by atoms with van der Waals surface area (Å²) >= 11 is 3.48. The van der Waals surface area contributed by atoms with Crippen LogP contribution in [0.25, 0.3) is 0 Å². The first-order chi connectivity index (χ1) is 13.7. The van der Waals surface area contributed by atoms with Gasteiger partial charge in [0, 0.05) is 11.0 Å². The molecule has 3 N–H and O–H groups in total. The molecule has 0 fully saturated rings. The van der Waals surface area contributed by atoms with Crippen LogP contribution in [0.1, 0.15) is 25.0 Å². The molecule has 0 aromatic heterocycles. The van der Waals surface area contributed by atoms with Crippen LogP contribution in [0.3, 0.4) is 0 Å². The lowest BCUT2D eigenvalue weighted by Crippen LogP contribution is -2.27. The maximum absolute atomic E-state index is 12.3. The minimum absolute atomic E-state index is 0.0655. The van der Waals surface area contributed by atoms with Gasteiger partial charge in [-0.25, -0.2) is 13.6 Å². The largest absolute Gasteiger partial charge is 0.490 e. The monoisotopic (exact) mass is 484 g/mol. The molecular weight excluding hydrogens is 460 g/mol. The number of rotatable bonds is 10. The molecule has 0 radical (unpaired) electrons. The Morgan fingerprint density at radius 2 is 1.66 bits per heavy atom. The number of halogens is 1. The molecule has 9 heteroatoms. The summed E-state index contributed by atoms with van der Waals surface area (Å²) < 4.78 is 34.5. The molecule has 2 aromatic carbocycles. The molecule has 0 aliphatic carbocycles. The van der Waals surface area contributed by atoms with Gasteiger partial charge in [-0.1, -0.05) is 28.1 Å². The van der Waals surface area contributed by atoms with Crippen LogP contribution in [0.15, 0.2) is 45.8 Å². The molecule has 0 aliphatic rings. The number of ether oxygens (including phenoxy) is 2. The van der Waals surface area contributed by atoms with Crippen molar-refractivity contribution in [1.29, 1.82) is 0 Å². The minimum Gasteiger partial charge on any atom is -0.490 e. The molecule has 29 heavy (non-hydrogen) atoms. The van der Waals surface area contributed by atoms with E-state index in [-0.39, 0.29) is 17.2 Å². The molecule has 2 aromatic rings. The van der Waals surface area contributed by atoms with Crippen molar-refractivity contribution >= 4 is 31.9 Å². The van der Waals surface area contributed by atoms with Gasteiger partial charge in [0.05, 0.1) is 24.5 Å². The first kappa shape index (κ1) is 23.2. The van der Waals surface area contributed by atoms with Crippen LogP contribution in [0.5, 0.6) is 11.5 Å². The van der Waals surface area contributed by atoms with Crippen molar-refractivity contribution in [1.82, 2.24) is 5.32 Å². The molecule has 0 spiro atoms. The molecule has 0 unspecified atom stereocenters. The minimum atomic E-state index is -3.70. The highest BCUT2D eigenvalue weighted by Gasteiger charge is 2.13. The van der Waals surface area contributed by atoms with Crippen molar-refractivity contribution in [3.05, 3.63) is 52.0 Å². The number of hydrogen-bond donors (Lipinski definition) is 2. The van der Waals surface area contributed by atoms with Gasteiger partial charge in [-0.2, -0.15) is 0 Å². The molecule has 158 valence electrons. The van der Waals surface area contributed by atoms with Gasteiger partial charge >= 0.3 is 0 Å². The SMILES string of the molecule is CCOc1cc(Br)c(CC(=O)NCCc2ccc(S(N)(=O)=O)cc2)cc1OCC. The van der Waals surface area contributed by atoms with Crippen LogP contribution >= 0.6 is 15.9 Å². The summed E-state index contributed by atoms with van der Waals surface area (Å²) in [6.07, 6.45) is 0.767. The first-order valence-electron chi connectivity index (χ1n) is 9.21. The van der Waals surface area contributed by atoms with E-state index in [2.05, 4.69) is 21.2 Å². The highest BCUT2D eigenvalue weighted by Crippen LogP contribution is 2.34. The fourth-order valence-corrected chi connectivity index (χ4v) is 3.65. The van der Waals surface area contributed by atoms with Gasteiger partial charge in [0.15, 0.2) is 11.5 Å². The molecule has 0 atom stereocenters. The van der Waals surface area contributed by atoms with E-state index in [1.165, 1.54) is 12.1 Å². The van der Waals surface area contributed by atoms with E-state index in [0.717, 1.165) is 15.6 Å². The van der Waals surface area contributed by atoms with Gasteiger partial charge in [-0.05, 0) is 55.7 Å². The van der Waals surface area contributed by atoms with E-state index in [9.17, 15) is 13.2 Å². The highest BCUT2D eigenvalue weighted by molar-refractivity contribution is 9.10. The van der Waals surface area contributed by atoms with Gasteiger partial charge in [-0.3, -0.25) is 4.79 Å². The lowest BCUT2D eigenvalue weighted by atomic mass is 10.1. The molecule has 0 aliphatic heterocycles. The van der Waals surface area contributed by atoms with E-state index < -0.39 is 10.0 Å². The van der Waals surface area contributed by atoms with Gasteiger partial charge in [0.25, 0.3) is 0 Å². The molecule has 7 nitrogen and oxygen atoms in total. The fourth-order valence-electron chi connectivity index (χ4n) is 2.68. The summed E-state index contributed by atoms with van der Waals surface area (Å²) in [6.45, 7) is 5.23. The van der Waals surface area contributed by atoms with Crippen LogP contribution in [-0.2, 0) is 27.7 Å². The van der Waals surface area contributed by atoms with Gasteiger partial charge in [-0.15, -0.1) is 0 Å². The number of sulfonamides is 1. The summed E-state index contributed by atoms with van der Waals surface area (Å²) in [5, 5.41) is 7.95. The molecular formula is C20H25BrN2O5S. The van der Waals surface area contributed by atoms with Crippen molar-refractivity contribution in [3.8, 4) is 11.5 Å². The lowest BCUT2D eigenvalue weighted by molar-refractivity contribution is -0.120. The topological polar surface area (TPSA) is 108 Å². The smallest absolute Gasteiger partial charge is 0.238 e. The van der Waals surface area contributed by atoms with E-state index in [4.69, 9.17) is 14.6 Å². The second kappa shape index (κ2) is 10.6. The Morgan fingerprint density at radius 1 is 1.07 bits per heavy atom. The third-order valence-corrected chi connectivity index (χ3v) is 5.72. The second-order valence-corrected chi connectivity index (χ2v) is 8.64. The summed E-state index contributed by atoms with van der Waals surface area (Å²) in [7, 11) is -3.70. The molecule has 0 heterocycles. The van der Waals surface area contributed by atoms with Crippen LogP contribution in [0, 0.1) is 0 Å². The number of primary sulfonamides is 1. The van der Waals surface area contributed by atoms with Crippen molar-refractivity contribution < 1.29 is 22.7 Å². The Labute approximate surface area is 179 Å². The third-order valence-electron chi connectivity index (χ3n) is 4.05. The van der Waals surface area contributed by atoms with Crippen molar-refractivity contribution in [2.45, 2.75) is 31.6 Å². The fraction of sp³-hybridized carbons (Fsp3) is 0.350. The van der Waals surface area contributed by atoms with Crippen molar-refractivity contribution in [2.24, 2.45) is 5.14 Å². The number of carbonyl (C=O) groups excluding carboxylic acids is 1. The summed E-state index contributed by atoms with van der Waals surface area (Å²) in [5.41, 5.74) is 1.70. The van der Waals surface area contributed by atoms with E-state index in [1.54, 1.807) is 12.1 Å². The highest BCUT2D eigenvalue weighted by atomic mass is 79.9. The Hall–Kier alpha value is -2.10. The molecule has 2 rings (SSSR count). The first-order valence-corrected chi connectivity index (χ1v) is 11.5. The summed E-state index contributed by atoms with van der Waals surface area (Å²) in [6, 6.07) is 9.90.